The number of halogens is 6. The quantitative estimate of drug-likeness (QED) is 0.477. The molecule has 0 saturated carbocycles. The summed E-state index contributed by atoms with van der Waals surface area (Å²) in [6.45, 7) is 11.6. The van der Waals surface area contributed by atoms with Gasteiger partial charge in [0.2, 0.25) is 0 Å². The molecule has 0 amide bonds. The Kier molecular flexibility index (Phi) is 11.2. The zero-order chi connectivity index (χ0) is 32.9. The summed E-state index contributed by atoms with van der Waals surface area (Å²) in [4.78, 5) is 41.2. The molecule has 3 aliphatic rings. The van der Waals surface area contributed by atoms with E-state index in [1.165, 1.54) is 24.9 Å². The number of rotatable bonds is 4. The van der Waals surface area contributed by atoms with Gasteiger partial charge in [-0.2, -0.15) is 26.3 Å². The van der Waals surface area contributed by atoms with Gasteiger partial charge in [0.1, 0.15) is 5.82 Å². The van der Waals surface area contributed by atoms with Crippen LogP contribution in [0.1, 0.15) is 49.3 Å². The van der Waals surface area contributed by atoms with E-state index in [0.29, 0.717) is 0 Å². The molecule has 1 aromatic heterocycles. The SMILES string of the molecule is CC(C)CN1CCC2(CC1)Cc1nc3c(c(=O)n1C2)CN(Cc1ccccc1)CC3.O=C(O)C(F)(F)F.O=C(O)C(F)(F)F. The minimum atomic E-state index is -5.08. The first-order valence-electron chi connectivity index (χ1n) is 14.1. The molecule has 9 nitrogen and oxygen atoms in total. The number of aliphatic carboxylic acids is 2. The summed E-state index contributed by atoms with van der Waals surface area (Å²) in [6, 6.07) is 10.6. The van der Waals surface area contributed by atoms with E-state index in [-0.39, 0.29) is 11.0 Å². The first kappa shape index (κ1) is 35.0. The number of carbonyl (C=O) groups is 2. The van der Waals surface area contributed by atoms with Crippen molar-refractivity contribution < 1.29 is 46.1 Å². The molecule has 15 heteroatoms. The van der Waals surface area contributed by atoms with Crippen LogP contribution in [0.4, 0.5) is 26.3 Å². The maximum Gasteiger partial charge on any atom is 0.490 e. The van der Waals surface area contributed by atoms with Gasteiger partial charge >= 0.3 is 24.3 Å². The summed E-state index contributed by atoms with van der Waals surface area (Å²) in [5.41, 5.74) is 3.79. The van der Waals surface area contributed by atoms with Crippen molar-refractivity contribution in [1.82, 2.24) is 19.4 Å². The highest BCUT2D eigenvalue weighted by molar-refractivity contribution is 5.73. The highest BCUT2D eigenvalue weighted by atomic mass is 19.4. The lowest BCUT2D eigenvalue weighted by atomic mass is 9.77. The Labute approximate surface area is 250 Å². The Morgan fingerprint density at radius 2 is 1.48 bits per heavy atom. The van der Waals surface area contributed by atoms with E-state index in [9.17, 15) is 31.1 Å². The van der Waals surface area contributed by atoms with Crippen LogP contribution in [0.2, 0.25) is 0 Å². The number of aromatic nitrogens is 2. The summed E-state index contributed by atoms with van der Waals surface area (Å²) < 4.78 is 65.5. The van der Waals surface area contributed by atoms with Crippen LogP contribution in [0.5, 0.6) is 0 Å². The van der Waals surface area contributed by atoms with Gasteiger partial charge in [-0.15, -0.1) is 0 Å². The number of carboxylic acid groups (broad SMARTS) is 2. The minimum Gasteiger partial charge on any atom is -0.475 e. The molecule has 0 unspecified atom stereocenters. The van der Waals surface area contributed by atoms with Crippen molar-refractivity contribution in [3.63, 3.8) is 0 Å². The number of benzene rings is 1. The molecule has 0 atom stereocenters. The fourth-order valence-electron chi connectivity index (χ4n) is 5.68. The number of fused-ring (bicyclic) bond motifs is 2. The topological polar surface area (TPSA) is 116 Å². The fraction of sp³-hybridized carbons (Fsp3) is 0.586. The zero-order valence-corrected chi connectivity index (χ0v) is 24.4. The van der Waals surface area contributed by atoms with Crippen LogP contribution in [0.15, 0.2) is 35.1 Å². The number of hydrogen-bond acceptors (Lipinski definition) is 6. The molecule has 44 heavy (non-hydrogen) atoms. The molecule has 1 saturated heterocycles. The van der Waals surface area contributed by atoms with Crippen molar-refractivity contribution in [2.75, 3.05) is 26.2 Å². The van der Waals surface area contributed by atoms with Gasteiger partial charge < -0.3 is 15.1 Å². The molecule has 244 valence electrons. The highest BCUT2D eigenvalue weighted by Crippen LogP contribution is 2.40. The van der Waals surface area contributed by atoms with Gasteiger partial charge in [-0.1, -0.05) is 44.2 Å². The molecule has 0 radical (unpaired) electrons. The van der Waals surface area contributed by atoms with Gasteiger partial charge in [-0.05, 0) is 42.8 Å². The molecule has 1 fully saturated rings. The largest absolute Gasteiger partial charge is 0.490 e. The van der Waals surface area contributed by atoms with E-state index in [0.717, 1.165) is 75.1 Å². The maximum absolute atomic E-state index is 13.4. The second-order valence-corrected chi connectivity index (χ2v) is 11.8. The Balaban J connectivity index is 0.000000317. The third kappa shape index (κ3) is 9.52. The molecule has 3 aliphatic heterocycles. The summed E-state index contributed by atoms with van der Waals surface area (Å²) in [7, 11) is 0. The second-order valence-electron chi connectivity index (χ2n) is 11.8. The van der Waals surface area contributed by atoms with Crippen molar-refractivity contribution in [3.8, 4) is 0 Å². The normalized spacial score (nSPS) is 18.0. The van der Waals surface area contributed by atoms with Crippen molar-refractivity contribution >= 4 is 11.9 Å². The van der Waals surface area contributed by atoms with Crippen molar-refractivity contribution in [3.05, 3.63) is 63.3 Å². The third-order valence-corrected chi connectivity index (χ3v) is 7.77. The molecule has 4 heterocycles. The van der Waals surface area contributed by atoms with E-state index < -0.39 is 24.3 Å². The van der Waals surface area contributed by atoms with Crippen molar-refractivity contribution in [1.29, 1.82) is 0 Å². The average molecular weight is 635 g/mol. The maximum atomic E-state index is 13.4. The van der Waals surface area contributed by atoms with Crippen LogP contribution in [0.25, 0.3) is 0 Å². The van der Waals surface area contributed by atoms with E-state index in [1.54, 1.807) is 0 Å². The molecule has 2 aromatic rings. The molecule has 1 spiro atoms. The van der Waals surface area contributed by atoms with Crippen LogP contribution in [0, 0.1) is 11.3 Å². The summed E-state index contributed by atoms with van der Waals surface area (Å²) >= 11 is 0. The Hall–Kier alpha value is -3.46. The third-order valence-electron chi connectivity index (χ3n) is 7.77. The molecular weight excluding hydrogens is 598 g/mol. The first-order valence-corrected chi connectivity index (χ1v) is 14.1. The van der Waals surface area contributed by atoms with Crippen molar-refractivity contribution in [2.24, 2.45) is 11.3 Å². The number of hydrogen-bond donors (Lipinski definition) is 2. The summed E-state index contributed by atoms with van der Waals surface area (Å²) in [5, 5.41) is 14.2. The van der Waals surface area contributed by atoms with E-state index >= 15 is 0 Å². The predicted octanol–water partition coefficient (Wildman–Crippen LogP) is 4.36. The van der Waals surface area contributed by atoms with Crippen LogP contribution in [0.3, 0.4) is 0 Å². The molecule has 0 bridgehead atoms. The van der Waals surface area contributed by atoms with Gasteiger partial charge in [0.05, 0.1) is 11.3 Å². The molecule has 2 N–H and O–H groups in total. The fourth-order valence-corrected chi connectivity index (χ4v) is 5.68. The second kappa shape index (κ2) is 14.1. The minimum absolute atomic E-state index is 0.231. The van der Waals surface area contributed by atoms with Gasteiger partial charge in [0.25, 0.3) is 5.56 Å². The molecule has 0 aliphatic carbocycles. The standard InChI is InChI=1S/C25H34N4O.2C2HF3O2/c1-19(2)15-27-12-9-25(10-13-27)14-23-26-22-8-11-28(16-20-6-4-3-5-7-20)17-21(22)24(30)29(23)18-25;2*3-2(4,5)1(6)7/h3-7,19H,8-18H2,1-2H3;2*(H,6,7). The number of nitrogens with zero attached hydrogens (tertiary/aromatic N) is 4. The van der Waals surface area contributed by atoms with Gasteiger partial charge in [0.15, 0.2) is 0 Å². The zero-order valence-electron chi connectivity index (χ0n) is 24.4. The van der Waals surface area contributed by atoms with E-state index in [4.69, 9.17) is 24.8 Å². The van der Waals surface area contributed by atoms with Crippen LogP contribution < -0.4 is 5.56 Å². The highest BCUT2D eigenvalue weighted by Gasteiger charge is 2.42. The Morgan fingerprint density at radius 1 is 0.932 bits per heavy atom. The lowest BCUT2D eigenvalue weighted by Crippen LogP contribution is -2.43. The van der Waals surface area contributed by atoms with Crippen LogP contribution >= 0.6 is 0 Å². The number of carboxylic acids is 2. The van der Waals surface area contributed by atoms with Gasteiger partial charge in [-0.3, -0.25) is 14.3 Å². The number of piperidine rings is 1. The number of likely N-dealkylation sites (tertiary alicyclic amines) is 1. The van der Waals surface area contributed by atoms with Crippen LogP contribution in [-0.2, 0) is 42.1 Å². The van der Waals surface area contributed by atoms with Crippen molar-refractivity contribution in [2.45, 2.75) is 71.5 Å². The van der Waals surface area contributed by atoms with E-state index in [2.05, 4.69) is 54.0 Å². The van der Waals surface area contributed by atoms with E-state index in [1.807, 2.05) is 4.57 Å². The predicted molar refractivity (Wildman–Crippen MR) is 147 cm³/mol. The average Bonchev–Trinajstić information content (AvgIpc) is 3.28. The Morgan fingerprint density at radius 3 is 1.98 bits per heavy atom. The summed E-state index contributed by atoms with van der Waals surface area (Å²) in [6.07, 6.45) is -5.92. The lowest BCUT2D eigenvalue weighted by molar-refractivity contribution is -0.193. The smallest absolute Gasteiger partial charge is 0.475 e. The van der Waals surface area contributed by atoms with Crippen LogP contribution in [-0.4, -0.2) is 80.0 Å². The monoisotopic (exact) mass is 634 g/mol. The summed E-state index contributed by atoms with van der Waals surface area (Å²) in [5.74, 6) is -3.75. The Bertz CT molecular complexity index is 1330. The van der Waals surface area contributed by atoms with Gasteiger partial charge in [0, 0.05) is 45.6 Å². The first-order chi connectivity index (χ1) is 20.4. The lowest BCUT2D eigenvalue weighted by Gasteiger charge is -2.39. The molecule has 1 aromatic carbocycles. The van der Waals surface area contributed by atoms with Gasteiger partial charge in [-0.25, -0.2) is 14.6 Å². The molecular formula is C29H36F6N4O5. The molecule has 5 rings (SSSR count). The number of alkyl halides is 6.